The van der Waals surface area contributed by atoms with E-state index < -0.39 is 0 Å². The molecule has 92 valence electrons. The summed E-state index contributed by atoms with van der Waals surface area (Å²) in [7, 11) is 1.47. The van der Waals surface area contributed by atoms with Crippen LogP contribution in [0.5, 0.6) is 5.75 Å². The van der Waals surface area contributed by atoms with Crippen molar-refractivity contribution in [1.29, 1.82) is 0 Å². The highest BCUT2D eigenvalue weighted by molar-refractivity contribution is 9.10. The van der Waals surface area contributed by atoms with Gasteiger partial charge in [0.2, 0.25) is 0 Å². The summed E-state index contributed by atoms with van der Waals surface area (Å²) >= 11 is 3.34. The van der Waals surface area contributed by atoms with Crippen molar-refractivity contribution < 1.29 is 14.2 Å². The van der Waals surface area contributed by atoms with Crippen LogP contribution in [0.1, 0.15) is 12.8 Å². The smallest absolute Gasteiger partial charge is 0.273 e. The van der Waals surface area contributed by atoms with Gasteiger partial charge in [-0.15, -0.1) is 0 Å². The first-order valence-electron chi connectivity index (χ1n) is 5.61. The highest BCUT2D eigenvalue weighted by Crippen LogP contribution is 2.29. The van der Waals surface area contributed by atoms with E-state index >= 15 is 0 Å². The highest BCUT2D eigenvalue weighted by atomic mass is 79.9. The number of hydrogen-bond acceptors (Lipinski definition) is 3. The molecule has 4 nitrogen and oxygen atoms in total. The van der Waals surface area contributed by atoms with Gasteiger partial charge in [-0.3, -0.25) is 0 Å². The second-order valence-electron chi connectivity index (χ2n) is 4.04. The molecule has 2 rings (SSSR count). The number of benzene rings is 1. The van der Waals surface area contributed by atoms with E-state index in [0.717, 1.165) is 41.0 Å². The van der Waals surface area contributed by atoms with E-state index in [-0.39, 0.29) is 6.10 Å². The lowest BCUT2D eigenvalue weighted by molar-refractivity contribution is -0.429. The summed E-state index contributed by atoms with van der Waals surface area (Å²) in [4.78, 5) is 11.3. The number of halogens is 1. The highest BCUT2D eigenvalue weighted by Gasteiger charge is 2.18. The van der Waals surface area contributed by atoms with Crippen LogP contribution < -0.4 is 4.74 Å². The van der Waals surface area contributed by atoms with Crippen molar-refractivity contribution in [1.82, 2.24) is 0 Å². The number of nitrogens with zero attached hydrogens (tertiary/aromatic N) is 1. The first-order chi connectivity index (χ1) is 8.16. The lowest BCUT2D eigenvalue weighted by atomic mass is 10.1. The van der Waals surface area contributed by atoms with Crippen molar-refractivity contribution in [3.63, 3.8) is 0 Å². The predicted molar refractivity (Wildman–Crippen MR) is 67.8 cm³/mol. The molecule has 0 unspecified atom stereocenters. The summed E-state index contributed by atoms with van der Waals surface area (Å²) in [6, 6.07) is 5.46. The van der Waals surface area contributed by atoms with Crippen molar-refractivity contribution in [2.24, 2.45) is 0 Å². The molecule has 0 N–H and O–H groups in total. The lowest BCUT2D eigenvalue weighted by Gasteiger charge is -2.23. The van der Waals surface area contributed by atoms with Gasteiger partial charge in [0.25, 0.3) is 5.69 Å². The molecular formula is C12H15BrNO3+. The van der Waals surface area contributed by atoms with Crippen molar-refractivity contribution >= 4 is 21.6 Å². The molecule has 0 aliphatic carbocycles. The summed E-state index contributed by atoms with van der Waals surface area (Å²) in [6.45, 7) is 1.49. The van der Waals surface area contributed by atoms with Crippen LogP contribution in [0, 0.1) is 4.91 Å². The Hall–Kier alpha value is -0.940. The minimum absolute atomic E-state index is 0.190. The molecule has 1 saturated heterocycles. The SMILES string of the molecule is C[N+](=O)c1cc(OC2CCOCC2)ccc1Br. The van der Waals surface area contributed by atoms with Gasteiger partial charge < -0.3 is 9.47 Å². The monoisotopic (exact) mass is 300 g/mol. The van der Waals surface area contributed by atoms with Crippen molar-refractivity contribution in [3.8, 4) is 5.75 Å². The average molecular weight is 301 g/mol. The summed E-state index contributed by atoms with van der Waals surface area (Å²) in [5, 5.41) is 0. The molecule has 1 aliphatic heterocycles. The third-order valence-electron chi connectivity index (χ3n) is 2.73. The summed E-state index contributed by atoms with van der Waals surface area (Å²) in [5.74, 6) is 0.734. The zero-order valence-electron chi connectivity index (χ0n) is 9.69. The lowest BCUT2D eigenvalue weighted by Crippen LogP contribution is -2.25. The van der Waals surface area contributed by atoms with Gasteiger partial charge in [0, 0.05) is 22.5 Å². The van der Waals surface area contributed by atoms with E-state index in [0.29, 0.717) is 5.69 Å². The topological polar surface area (TPSA) is 38.5 Å². The Kier molecular flexibility index (Phi) is 4.12. The van der Waals surface area contributed by atoms with E-state index in [4.69, 9.17) is 9.47 Å². The van der Waals surface area contributed by atoms with Gasteiger partial charge in [-0.05, 0) is 28.1 Å². The number of ether oxygens (including phenoxy) is 2. The van der Waals surface area contributed by atoms with E-state index in [9.17, 15) is 4.91 Å². The summed E-state index contributed by atoms with van der Waals surface area (Å²) in [6.07, 6.45) is 1.99. The second-order valence-corrected chi connectivity index (χ2v) is 4.89. The minimum atomic E-state index is 0.190. The molecule has 0 radical (unpaired) electrons. The Morgan fingerprint density at radius 3 is 2.76 bits per heavy atom. The fraction of sp³-hybridized carbons (Fsp3) is 0.500. The van der Waals surface area contributed by atoms with Gasteiger partial charge in [0.05, 0.1) is 23.8 Å². The third kappa shape index (κ3) is 3.26. The third-order valence-corrected chi connectivity index (χ3v) is 3.40. The molecule has 1 heterocycles. The van der Waals surface area contributed by atoms with Gasteiger partial charge in [0.15, 0.2) is 7.05 Å². The van der Waals surface area contributed by atoms with Crippen LogP contribution in [0.3, 0.4) is 0 Å². The maximum atomic E-state index is 11.3. The maximum absolute atomic E-state index is 11.3. The standard InChI is InChI=1S/C12H15BrNO3/c1-14(15)12-8-10(2-3-11(12)13)17-9-4-6-16-7-5-9/h2-3,8-9H,4-7H2,1H3/q+1. The zero-order valence-corrected chi connectivity index (χ0v) is 11.3. The van der Waals surface area contributed by atoms with Gasteiger partial charge >= 0.3 is 0 Å². The summed E-state index contributed by atoms with van der Waals surface area (Å²) in [5.41, 5.74) is 0.578. The Bertz CT molecular complexity index is 416. The Labute approximate surface area is 109 Å². The number of rotatable bonds is 3. The van der Waals surface area contributed by atoms with Crippen LogP contribution in [0.4, 0.5) is 5.69 Å². The molecule has 1 fully saturated rings. The molecule has 17 heavy (non-hydrogen) atoms. The Balaban J connectivity index is 2.10. The molecule has 0 bridgehead atoms. The van der Waals surface area contributed by atoms with Crippen LogP contribution in [0.25, 0.3) is 0 Å². The van der Waals surface area contributed by atoms with Crippen molar-refractivity contribution in [3.05, 3.63) is 27.6 Å². The minimum Gasteiger partial charge on any atom is -0.490 e. The molecule has 0 aromatic heterocycles. The molecule has 1 aromatic carbocycles. The summed E-state index contributed by atoms with van der Waals surface area (Å²) < 4.78 is 12.7. The normalized spacial score (nSPS) is 16.8. The van der Waals surface area contributed by atoms with Crippen molar-refractivity contribution in [2.45, 2.75) is 18.9 Å². The second kappa shape index (κ2) is 5.60. The average Bonchev–Trinajstić information content (AvgIpc) is 2.32. The fourth-order valence-corrected chi connectivity index (χ4v) is 2.29. The molecule has 1 aliphatic rings. The predicted octanol–water partition coefficient (Wildman–Crippen LogP) is 3.05. The number of hydrogen-bond donors (Lipinski definition) is 0. The van der Waals surface area contributed by atoms with Gasteiger partial charge in [0.1, 0.15) is 11.9 Å². The molecule has 0 atom stereocenters. The molecule has 5 heteroatoms. The quantitative estimate of drug-likeness (QED) is 0.805. The maximum Gasteiger partial charge on any atom is 0.273 e. The van der Waals surface area contributed by atoms with E-state index in [1.54, 1.807) is 6.07 Å². The molecule has 0 saturated carbocycles. The fourth-order valence-electron chi connectivity index (χ4n) is 1.79. The van der Waals surface area contributed by atoms with Crippen LogP contribution in [-0.4, -0.2) is 31.1 Å². The largest absolute Gasteiger partial charge is 0.490 e. The van der Waals surface area contributed by atoms with Crippen LogP contribution in [0.2, 0.25) is 0 Å². The molecule has 1 aromatic rings. The van der Waals surface area contributed by atoms with Gasteiger partial charge in [-0.1, -0.05) is 0 Å². The zero-order chi connectivity index (χ0) is 12.3. The van der Waals surface area contributed by atoms with Gasteiger partial charge in [-0.2, -0.15) is 0 Å². The number of nitroso groups, excluding NO2 is 1. The van der Waals surface area contributed by atoms with Gasteiger partial charge in [-0.25, -0.2) is 0 Å². The van der Waals surface area contributed by atoms with E-state index in [1.165, 1.54) is 7.05 Å². The van der Waals surface area contributed by atoms with Crippen LogP contribution in [0.15, 0.2) is 22.7 Å². The Morgan fingerprint density at radius 1 is 1.41 bits per heavy atom. The molecule has 0 spiro atoms. The van der Waals surface area contributed by atoms with Crippen LogP contribution in [-0.2, 0) is 4.74 Å². The first kappa shape index (κ1) is 12.5. The Morgan fingerprint density at radius 2 is 2.12 bits per heavy atom. The molecule has 0 amide bonds. The van der Waals surface area contributed by atoms with Crippen molar-refractivity contribution in [2.75, 3.05) is 20.3 Å². The van der Waals surface area contributed by atoms with Crippen LogP contribution >= 0.6 is 15.9 Å². The molecular weight excluding hydrogens is 286 g/mol. The first-order valence-corrected chi connectivity index (χ1v) is 6.41. The van der Waals surface area contributed by atoms with E-state index in [1.807, 2.05) is 12.1 Å². The van der Waals surface area contributed by atoms with E-state index in [2.05, 4.69) is 15.9 Å².